The first-order chi connectivity index (χ1) is 7.19. The van der Waals surface area contributed by atoms with Crippen LogP contribution >= 0.6 is 15.9 Å². The van der Waals surface area contributed by atoms with Gasteiger partial charge in [0.25, 0.3) is 0 Å². The van der Waals surface area contributed by atoms with Crippen LogP contribution in [0.5, 0.6) is 0 Å². The highest BCUT2D eigenvalue weighted by molar-refractivity contribution is 9.10. The molecule has 0 fully saturated rings. The van der Waals surface area contributed by atoms with Crippen LogP contribution in [0.15, 0.2) is 22.7 Å². The second-order valence-electron chi connectivity index (χ2n) is 3.25. The van der Waals surface area contributed by atoms with Crippen molar-refractivity contribution in [1.82, 2.24) is 5.32 Å². The maximum absolute atomic E-state index is 12.9. The van der Waals surface area contributed by atoms with E-state index in [1.807, 2.05) is 7.05 Å². The SMILES string of the molecule is C#CCCC(NC)c1ccc(F)cc1Br. The van der Waals surface area contributed by atoms with Crippen molar-refractivity contribution < 1.29 is 4.39 Å². The average molecular weight is 270 g/mol. The molecule has 1 unspecified atom stereocenters. The normalized spacial score (nSPS) is 12.1. The van der Waals surface area contributed by atoms with Crippen LogP contribution in [-0.2, 0) is 0 Å². The summed E-state index contributed by atoms with van der Waals surface area (Å²) in [6.07, 6.45) is 6.77. The molecular weight excluding hydrogens is 257 g/mol. The van der Waals surface area contributed by atoms with E-state index in [2.05, 4.69) is 27.2 Å². The summed E-state index contributed by atoms with van der Waals surface area (Å²) in [5, 5.41) is 3.17. The van der Waals surface area contributed by atoms with Gasteiger partial charge >= 0.3 is 0 Å². The monoisotopic (exact) mass is 269 g/mol. The van der Waals surface area contributed by atoms with E-state index in [1.54, 1.807) is 6.07 Å². The minimum absolute atomic E-state index is 0.163. The highest BCUT2D eigenvalue weighted by Crippen LogP contribution is 2.26. The number of hydrogen-bond donors (Lipinski definition) is 1. The summed E-state index contributed by atoms with van der Waals surface area (Å²) in [6.45, 7) is 0. The van der Waals surface area contributed by atoms with Crippen LogP contribution < -0.4 is 5.32 Å². The molecule has 0 heterocycles. The molecular formula is C12H13BrFN. The van der Waals surface area contributed by atoms with Crippen LogP contribution in [0, 0.1) is 18.2 Å². The lowest BCUT2D eigenvalue weighted by atomic mass is 10.0. The molecule has 15 heavy (non-hydrogen) atoms. The van der Waals surface area contributed by atoms with Crippen molar-refractivity contribution in [3.8, 4) is 12.3 Å². The van der Waals surface area contributed by atoms with E-state index >= 15 is 0 Å². The van der Waals surface area contributed by atoms with Crippen molar-refractivity contribution in [3.63, 3.8) is 0 Å². The zero-order valence-electron chi connectivity index (χ0n) is 8.56. The Bertz CT molecular complexity index is 370. The molecule has 1 rings (SSSR count). The van der Waals surface area contributed by atoms with Crippen LogP contribution in [-0.4, -0.2) is 7.05 Å². The fraction of sp³-hybridized carbons (Fsp3) is 0.333. The maximum atomic E-state index is 12.9. The Labute approximate surface area is 98.2 Å². The van der Waals surface area contributed by atoms with Gasteiger partial charge in [-0.25, -0.2) is 4.39 Å². The Morgan fingerprint density at radius 3 is 2.87 bits per heavy atom. The Kier molecular flexibility index (Phi) is 4.80. The smallest absolute Gasteiger partial charge is 0.124 e. The molecule has 1 nitrogen and oxygen atoms in total. The summed E-state index contributed by atoms with van der Waals surface area (Å²) < 4.78 is 13.7. The summed E-state index contributed by atoms with van der Waals surface area (Å²) in [4.78, 5) is 0. The number of halogens is 2. The lowest BCUT2D eigenvalue weighted by Gasteiger charge is -2.16. The zero-order chi connectivity index (χ0) is 11.3. The molecule has 80 valence electrons. The third kappa shape index (κ3) is 3.33. The molecule has 3 heteroatoms. The van der Waals surface area contributed by atoms with Gasteiger partial charge < -0.3 is 5.32 Å². The van der Waals surface area contributed by atoms with Gasteiger partial charge in [0.15, 0.2) is 0 Å². The quantitative estimate of drug-likeness (QED) is 0.828. The van der Waals surface area contributed by atoms with Crippen LogP contribution in [0.4, 0.5) is 4.39 Å². The van der Waals surface area contributed by atoms with E-state index in [4.69, 9.17) is 6.42 Å². The van der Waals surface area contributed by atoms with Crippen molar-refractivity contribution in [2.45, 2.75) is 18.9 Å². The molecule has 0 aliphatic carbocycles. The predicted octanol–water partition coefficient (Wildman–Crippen LogP) is 3.26. The van der Waals surface area contributed by atoms with E-state index in [-0.39, 0.29) is 11.9 Å². The van der Waals surface area contributed by atoms with Gasteiger partial charge in [0.2, 0.25) is 0 Å². The van der Waals surface area contributed by atoms with Crippen molar-refractivity contribution >= 4 is 15.9 Å². The van der Waals surface area contributed by atoms with E-state index in [0.717, 1.165) is 16.5 Å². The number of benzene rings is 1. The van der Waals surface area contributed by atoms with Crippen LogP contribution in [0.3, 0.4) is 0 Å². The molecule has 0 saturated heterocycles. The number of rotatable bonds is 4. The van der Waals surface area contributed by atoms with Gasteiger partial charge in [-0.2, -0.15) is 0 Å². The Hall–Kier alpha value is -0.850. The molecule has 0 spiro atoms. The van der Waals surface area contributed by atoms with Crippen LogP contribution in [0.1, 0.15) is 24.4 Å². The van der Waals surface area contributed by atoms with Gasteiger partial charge in [-0.3, -0.25) is 0 Å². The molecule has 0 saturated carbocycles. The third-order valence-electron chi connectivity index (χ3n) is 2.26. The molecule has 0 amide bonds. The molecule has 0 aliphatic rings. The van der Waals surface area contributed by atoms with Crippen molar-refractivity contribution in [3.05, 3.63) is 34.1 Å². The maximum Gasteiger partial charge on any atom is 0.124 e. The first kappa shape index (κ1) is 12.2. The molecule has 1 atom stereocenters. The van der Waals surface area contributed by atoms with E-state index < -0.39 is 0 Å². The van der Waals surface area contributed by atoms with Gasteiger partial charge in [0, 0.05) is 16.9 Å². The topological polar surface area (TPSA) is 12.0 Å². The molecule has 0 aliphatic heterocycles. The third-order valence-corrected chi connectivity index (χ3v) is 2.95. The first-order valence-electron chi connectivity index (χ1n) is 4.74. The molecule has 0 aromatic heterocycles. The van der Waals surface area contributed by atoms with Gasteiger partial charge in [-0.1, -0.05) is 22.0 Å². The molecule has 1 aromatic rings. The summed E-state index contributed by atoms with van der Waals surface area (Å²) in [5.41, 5.74) is 1.04. The molecule has 1 N–H and O–H groups in total. The van der Waals surface area contributed by atoms with E-state index in [0.29, 0.717) is 6.42 Å². The molecule has 1 aromatic carbocycles. The van der Waals surface area contributed by atoms with Crippen molar-refractivity contribution in [1.29, 1.82) is 0 Å². The summed E-state index contributed by atoms with van der Waals surface area (Å²) >= 11 is 3.35. The highest BCUT2D eigenvalue weighted by atomic mass is 79.9. The fourth-order valence-electron chi connectivity index (χ4n) is 1.47. The minimum atomic E-state index is -0.238. The van der Waals surface area contributed by atoms with Gasteiger partial charge in [-0.15, -0.1) is 12.3 Å². The van der Waals surface area contributed by atoms with Gasteiger partial charge in [0.1, 0.15) is 5.82 Å². The van der Waals surface area contributed by atoms with Crippen molar-refractivity contribution in [2.75, 3.05) is 7.05 Å². The van der Waals surface area contributed by atoms with E-state index in [1.165, 1.54) is 12.1 Å². The number of hydrogen-bond acceptors (Lipinski definition) is 1. The first-order valence-corrected chi connectivity index (χ1v) is 5.54. The number of nitrogens with one attached hydrogen (secondary N) is 1. The zero-order valence-corrected chi connectivity index (χ0v) is 10.1. The van der Waals surface area contributed by atoms with E-state index in [9.17, 15) is 4.39 Å². The van der Waals surface area contributed by atoms with Gasteiger partial charge in [-0.05, 0) is 31.2 Å². The Balaban J connectivity index is 2.87. The van der Waals surface area contributed by atoms with Crippen LogP contribution in [0.2, 0.25) is 0 Å². The lowest BCUT2D eigenvalue weighted by Crippen LogP contribution is -2.16. The predicted molar refractivity (Wildman–Crippen MR) is 64.0 cm³/mol. The molecule has 0 bridgehead atoms. The van der Waals surface area contributed by atoms with Crippen molar-refractivity contribution in [2.24, 2.45) is 0 Å². The Morgan fingerprint density at radius 2 is 2.33 bits per heavy atom. The highest BCUT2D eigenvalue weighted by Gasteiger charge is 2.12. The lowest BCUT2D eigenvalue weighted by molar-refractivity contribution is 0.553. The second-order valence-corrected chi connectivity index (χ2v) is 4.10. The minimum Gasteiger partial charge on any atom is -0.313 e. The molecule has 0 radical (unpaired) electrons. The second kappa shape index (κ2) is 5.89. The standard InChI is InChI=1S/C12H13BrFN/c1-3-4-5-12(15-2)10-7-6-9(14)8-11(10)13/h1,6-8,12,15H,4-5H2,2H3. The largest absolute Gasteiger partial charge is 0.313 e. The number of terminal acetylenes is 1. The van der Waals surface area contributed by atoms with Crippen LogP contribution in [0.25, 0.3) is 0 Å². The summed E-state index contributed by atoms with van der Waals surface area (Å²) in [5.74, 6) is 2.37. The summed E-state index contributed by atoms with van der Waals surface area (Å²) in [6, 6.07) is 4.86. The fourth-order valence-corrected chi connectivity index (χ4v) is 2.09. The Morgan fingerprint density at radius 1 is 1.60 bits per heavy atom. The summed E-state index contributed by atoms with van der Waals surface area (Å²) in [7, 11) is 1.87. The average Bonchev–Trinajstić information content (AvgIpc) is 2.21. The van der Waals surface area contributed by atoms with Gasteiger partial charge in [0.05, 0.1) is 0 Å².